The van der Waals surface area contributed by atoms with Crippen LogP contribution in [-0.4, -0.2) is 13.1 Å². The van der Waals surface area contributed by atoms with Crippen LogP contribution in [-0.2, 0) is 0 Å². The second-order valence-corrected chi connectivity index (χ2v) is 5.99. The molecule has 1 aliphatic rings. The van der Waals surface area contributed by atoms with Gasteiger partial charge in [-0.15, -0.1) is 0 Å². The summed E-state index contributed by atoms with van der Waals surface area (Å²) in [6.45, 7) is 4.88. The Kier molecular flexibility index (Phi) is 9.78. The minimum Gasteiger partial charge on any atom is -0.316 e. The molecular formula is C16H33N. The summed E-state index contributed by atoms with van der Waals surface area (Å²) in [5, 5.41) is 3.62. The average Bonchev–Trinajstić information content (AvgIpc) is 2.32. The van der Waals surface area contributed by atoms with Crippen molar-refractivity contribution in [3.63, 3.8) is 0 Å². The fraction of sp³-hybridized carbons (Fsp3) is 1.00. The van der Waals surface area contributed by atoms with Gasteiger partial charge >= 0.3 is 0 Å². The van der Waals surface area contributed by atoms with Gasteiger partial charge in [0.2, 0.25) is 0 Å². The predicted molar refractivity (Wildman–Crippen MR) is 77.4 cm³/mol. The highest BCUT2D eigenvalue weighted by Crippen LogP contribution is 2.14. The minimum atomic E-state index is 0.878. The lowest BCUT2D eigenvalue weighted by Crippen LogP contribution is -2.22. The van der Waals surface area contributed by atoms with E-state index in [1.165, 1.54) is 90.1 Å². The maximum atomic E-state index is 3.62. The summed E-state index contributed by atoms with van der Waals surface area (Å²) in [5.41, 5.74) is 0. The molecule has 1 atom stereocenters. The molecule has 17 heavy (non-hydrogen) atoms. The van der Waals surface area contributed by atoms with Crippen molar-refractivity contribution in [3.05, 3.63) is 0 Å². The minimum absolute atomic E-state index is 0.878. The number of nitrogens with one attached hydrogen (secondary N) is 1. The van der Waals surface area contributed by atoms with Crippen LogP contribution < -0.4 is 5.32 Å². The van der Waals surface area contributed by atoms with E-state index in [2.05, 4.69) is 12.2 Å². The Balaban J connectivity index is 2.09. The first kappa shape index (κ1) is 15.0. The largest absolute Gasteiger partial charge is 0.316 e. The van der Waals surface area contributed by atoms with Crippen LogP contribution in [0.3, 0.4) is 0 Å². The Morgan fingerprint density at radius 2 is 1.12 bits per heavy atom. The van der Waals surface area contributed by atoms with Crippen LogP contribution in [0.1, 0.15) is 84.0 Å². The van der Waals surface area contributed by atoms with E-state index in [-0.39, 0.29) is 0 Å². The third kappa shape index (κ3) is 9.64. The van der Waals surface area contributed by atoms with Crippen LogP contribution >= 0.6 is 0 Å². The van der Waals surface area contributed by atoms with Gasteiger partial charge in [0.15, 0.2) is 0 Å². The molecule has 0 aliphatic carbocycles. The average molecular weight is 239 g/mol. The van der Waals surface area contributed by atoms with Gasteiger partial charge in [0, 0.05) is 0 Å². The van der Waals surface area contributed by atoms with E-state index in [0.717, 1.165) is 5.92 Å². The SMILES string of the molecule is C[C@H]1CCCCCCCCCCCCCNC1. The second kappa shape index (κ2) is 11.1. The van der Waals surface area contributed by atoms with E-state index in [1.807, 2.05) is 0 Å². The molecule has 0 unspecified atom stereocenters. The molecular weight excluding hydrogens is 206 g/mol. The molecule has 1 saturated heterocycles. The highest BCUT2D eigenvalue weighted by Gasteiger charge is 2.02. The summed E-state index contributed by atoms with van der Waals surface area (Å²) in [7, 11) is 0. The first-order valence-corrected chi connectivity index (χ1v) is 8.10. The molecule has 0 saturated carbocycles. The van der Waals surface area contributed by atoms with Crippen LogP contribution in [0.5, 0.6) is 0 Å². The van der Waals surface area contributed by atoms with Crippen molar-refractivity contribution < 1.29 is 0 Å². The third-order valence-corrected chi connectivity index (χ3v) is 4.04. The van der Waals surface area contributed by atoms with Gasteiger partial charge in [0.1, 0.15) is 0 Å². The lowest BCUT2D eigenvalue weighted by molar-refractivity contribution is 0.439. The fourth-order valence-electron chi connectivity index (χ4n) is 2.78. The molecule has 1 aliphatic heterocycles. The Hall–Kier alpha value is -0.0400. The monoisotopic (exact) mass is 239 g/mol. The fourth-order valence-corrected chi connectivity index (χ4v) is 2.78. The molecule has 0 radical (unpaired) electrons. The Morgan fingerprint density at radius 1 is 0.647 bits per heavy atom. The van der Waals surface area contributed by atoms with Gasteiger partial charge in [-0.25, -0.2) is 0 Å². The van der Waals surface area contributed by atoms with Gasteiger partial charge < -0.3 is 5.32 Å². The van der Waals surface area contributed by atoms with E-state index in [9.17, 15) is 0 Å². The topological polar surface area (TPSA) is 12.0 Å². The van der Waals surface area contributed by atoms with E-state index < -0.39 is 0 Å². The van der Waals surface area contributed by atoms with E-state index in [4.69, 9.17) is 0 Å². The number of hydrogen-bond acceptors (Lipinski definition) is 1. The molecule has 1 rings (SSSR count). The first-order valence-electron chi connectivity index (χ1n) is 8.10. The van der Waals surface area contributed by atoms with Crippen molar-refractivity contribution in [2.75, 3.05) is 13.1 Å². The van der Waals surface area contributed by atoms with Gasteiger partial charge in [-0.3, -0.25) is 0 Å². The molecule has 0 aromatic carbocycles. The molecule has 1 heterocycles. The van der Waals surface area contributed by atoms with Gasteiger partial charge in [0.25, 0.3) is 0 Å². The Bertz CT molecular complexity index is 140. The summed E-state index contributed by atoms with van der Waals surface area (Å²) in [6.07, 6.45) is 17.5. The molecule has 1 N–H and O–H groups in total. The van der Waals surface area contributed by atoms with E-state index in [0.29, 0.717) is 0 Å². The van der Waals surface area contributed by atoms with Crippen LogP contribution in [0.15, 0.2) is 0 Å². The zero-order valence-corrected chi connectivity index (χ0v) is 12.0. The van der Waals surface area contributed by atoms with E-state index in [1.54, 1.807) is 0 Å². The maximum Gasteiger partial charge on any atom is -0.00232 e. The highest BCUT2D eigenvalue weighted by atomic mass is 14.8. The quantitative estimate of drug-likeness (QED) is 0.633. The van der Waals surface area contributed by atoms with Crippen molar-refractivity contribution >= 4 is 0 Å². The molecule has 0 spiro atoms. The summed E-state index contributed by atoms with van der Waals surface area (Å²) in [4.78, 5) is 0. The summed E-state index contributed by atoms with van der Waals surface area (Å²) in [5.74, 6) is 0.878. The third-order valence-electron chi connectivity index (χ3n) is 4.04. The van der Waals surface area contributed by atoms with Crippen LogP contribution in [0.4, 0.5) is 0 Å². The smallest absolute Gasteiger partial charge is 0.00232 e. The van der Waals surface area contributed by atoms with Crippen molar-refractivity contribution in [1.29, 1.82) is 0 Å². The van der Waals surface area contributed by atoms with Crippen molar-refractivity contribution in [1.82, 2.24) is 5.32 Å². The van der Waals surface area contributed by atoms with Gasteiger partial charge in [-0.05, 0) is 31.8 Å². The lowest BCUT2D eigenvalue weighted by atomic mass is 10.0. The van der Waals surface area contributed by atoms with Crippen LogP contribution in [0.25, 0.3) is 0 Å². The normalized spacial score (nSPS) is 27.7. The standard InChI is InChI=1S/C16H33N/c1-16-13-11-9-7-5-3-2-4-6-8-10-12-14-17-15-16/h16-17H,2-15H2,1H3/t16-/m0/s1. The first-order chi connectivity index (χ1) is 8.39. The highest BCUT2D eigenvalue weighted by molar-refractivity contribution is 4.59. The van der Waals surface area contributed by atoms with Gasteiger partial charge in [-0.2, -0.15) is 0 Å². The van der Waals surface area contributed by atoms with Gasteiger partial charge in [0.05, 0.1) is 0 Å². The predicted octanol–water partition coefficient (Wildman–Crippen LogP) is 4.91. The maximum absolute atomic E-state index is 3.62. The molecule has 0 aromatic rings. The van der Waals surface area contributed by atoms with Crippen molar-refractivity contribution in [2.24, 2.45) is 5.92 Å². The van der Waals surface area contributed by atoms with Crippen LogP contribution in [0.2, 0.25) is 0 Å². The van der Waals surface area contributed by atoms with Crippen LogP contribution in [0, 0.1) is 5.92 Å². The van der Waals surface area contributed by atoms with Gasteiger partial charge in [-0.1, -0.05) is 71.1 Å². The summed E-state index contributed by atoms with van der Waals surface area (Å²) >= 11 is 0. The zero-order valence-electron chi connectivity index (χ0n) is 12.0. The molecule has 1 heteroatoms. The Morgan fingerprint density at radius 3 is 1.71 bits per heavy atom. The Labute approximate surface area is 109 Å². The molecule has 1 fully saturated rings. The molecule has 0 aromatic heterocycles. The molecule has 0 amide bonds. The summed E-state index contributed by atoms with van der Waals surface area (Å²) < 4.78 is 0. The lowest BCUT2D eigenvalue weighted by Gasteiger charge is -2.13. The summed E-state index contributed by atoms with van der Waals surface area (Å²) in [6, 6.07) is 0. The van der Waals surface area contributed by atoms with Crippen molar-refractivity contribution in [3.8, 4) is 0 Å². The molecule has 1 nitrogen and oxygen atoms in total. The van der Waals surface area contributed by atoms with E-state index >= 15 is 0 Å². The van der Waals surface area contributed by atoms with Crippen molar-refractivity contribution in [2.45, 2.75) is 84.0 Å². The second-order valence-electron chi connectivity index (χ2n) is 5.99. The number of hydrogen-bond donors (Lipinski definition) is 1. The molecule has 0 bridgehead atoms. The zero-order chi connectivity index (χ0) is 12.2. The number of rotatable bonds is 0. The molecule has 102 valence electrons.